The second kappa shape index (κ2) is 8.25. The zero-order valence-electron chi connectivity index (χ0n) is 15.5. The maximum atomic E-state index is 12.6. The van der Waals surface area contributed by atoms with Gasteiger partial charge in [-0.2, -0.15) is 0 Å². The van der Waals surface area contributed by atoms with E-state index in [1.54, 1.807) is 6.26 Å². The standard InChI is InChI=1S/C20H27N3O3/c1-14-12-15(2)22-19(14)20(25)23-9-6-16(7-10-23)13-18(24)21-8-5-17-4-3-11-26-17/h3-4,11-12,16,22H,5-10,13H2,1-2H3,(H,21,24). The van der Waals surface area contributed by atoms with Gasteiger partial charge in [-0.05, 0) is 56.4 Å². The predicted octanol–water partition coefficient (Wildman–Crippen LogP) is 2.83. The average molecular weight is 357 g/mol. The molecule has 0 radical (unpaired) electrons. The lowest BCUT2D eigenvalue weighted by Crippen LogP contribution is -2.40. The van der Waals surface area contributed by atoms with Gasteiger partial charge in [-0.15, -0.1) is 0 Å². The lowest BCUT2D eigenvalue weighted by atomic mass is 9.93. The first-order chi connectivity index (χ1) is 12.5. The van der Waals surface area contributed by atoms with Crippen LogP contribution in [0, 0.1) is 19.8 Å². The minimum absolute atomic E-state index is 0.0666. The number of hydrogen-bond acceptors (Lipinski definition) is 3. The molecule has 2 aromatic rings. The number of piperidine rings is 1. The number of hydrogen-bond donors (Lipinski definition) is 2. The molecule has 0 bridgehead atoms. The van der Waals surface area contributed by atoms with Gasteiger partial charge in [0, 0.05) is 38.2 Å². The van der Waals surface area contributed by atoms with E-state index >= 15 is 0 Å². The molecular weight excluding hydrogens is 330 g/mol. The van der Waals surface area contributed by atoms with E-state index < -0.39 is 0 Å². The van der Waals surface area contributed by atoms with Crippen molar-refractivity contribution in [2.45, 2.75) is 39.5 Å². The third kappa shape index (κ3) is 4.56. The van der Waals surface area contributed by atoms with E-state index in [-0.39, 0.29) is 11.8 Å². The Morgan fingerprint density at radius 2 is 2.08 bits per heavy atom. The van der Waals surface area contributed by atoms with Crippen molar-refractivity contribution in [2.75, 3.05) is 19.6 Å². The molecule has 0 saturated carbocycles. The first kappa shape index (κ1) is 18.3. The van der Waals surface area contributed by atoms with E-state index in [2.05, 4.69) is 10.3 Å². The monoisotopic (exact) mass is 357 g/mol. The second-order valence-electron chi connectivity index (χ2n) is 7.13. The van der Waals surface area contributed by atoms with E-state index in [4.69, 9.17) is 4.42 Å². The van der Waals surface area contributed by atoms with Crippen molar-refractivity contribution < 1.29 is 14.0 Å². The molecule has 0 aromatic carbocycles. The molecule has 6 nitrogen and oxygen atoms in total. The number of aryl methyl sites for hydroxylation is 2. The molecule has 0 atom stereocenters. The molecule has 26 heavy (non-hydrogen) atoms. The molecule has 1 aliphatic rings. The molecule has 0 spiro atoms. The van der Waals surface area contributed by atoms with Crippen molar-refractivity contribution in [3.05, 3.63) is 47.2 Å². The van der Waals surface area contributed by atoms with Crippen molar-refractivity contribution in [1.29, 1.82) is 0 Å². The number of aromatic amines is 1. The van der Waals surface area contributed by atoms with E-state index in [1.165, 1.54) is 0 Å². The number of nitrogens with zero attached hydrogens (tertiary/aromatic N) is 1. The SMILES string of the molecule is Cc1cc(C)c(C(=O)N2CCC(CC(=O)NCCc3ccco3)CC2)[nH]1. The number of nitrogens with one attached hydrogen (secondary N) is 2. The molecular formula is C20H27N3O3. The summed E-state index contributed by atoms with van der Waals surface area (Å²) in [5.74, 6) is 1.37. The lowest BCUT2D eigenvalue weighted by molar-refractivity contribution is -0.122. The molecule has 2 amide bonds. The van der Waals surface area contributed by atoms with Crippen molar-refractivity contribution in [3.63, 3.8) is 0 Å². The van der Waals surface area contributed by atoms with Gasteiger partial charge in [0.15, 0.2) is 0 Å². The van der Waals surface area contributed by atoms with E-state index in [0.717, 1.165) is 29.9 Å². The first-order valence-electron chi connectivity index (χ1n) is 9.27. The maximum Gasteiger partial charge on any atom is 0.270 e. The number of likely N-dealkylation sites (tertiary alicyclic amines) is 1. The molecule has 1 fully saturated rings. The average Bonchev–Trinajstić information content (AvgIpc) is 3.24. The summed E-state index contributed by atoms with van der Waals surface area (Å²) >= 11 is 0. The molecule has 3 rings (SSSR count). The minimum Gasteiger partial charge on any atom is -0.469 e. The third-order valence-electron chi connectivity index (χ3n) is 5.01. The van der Waals surface area contributed by atoms with Gasteiger partial charge in [0.2, 0.25) is 5.91 Å². The fourth-order valence-electron chi connectivity index (χ4n) is 3.56. The zero-order chi connectivity index (χ0) is 18.5. The summed E-state index contributed by atoms with van der Waals surface area (Å²) < 4.78 is 5.25. The Balaban J connectivity index is 1.40. The highest BCUT2D eigenvalue weighted by molar-refractivity contribution is 5.94. The van der Waals surface area contributed by atoms with Crippen LogP contribution in [0.1, 0.15) is 46.8 Å². The van der Waals surface area contributed by atoms with Gasteiger partial charge < -0.3 is 19.6 Å². The number of rotatable bonds is 6. The highest BCUT2D eigenvalue weighted by Gasteiger charge is 2.26. The van der Waals surface area contributed by atoms with Gasteiger partial charge in [0.1, 0.15) is 11.5 Å². The molecule has 2 aromatic heterocycles. The Labute approximate surface area is 153 Å². The zero-order valence-corrected chi connectivity index (χ0v) is 15.5. The highest BCUT2D eigenvalue weighted by atomic mass is 16.3. The molecule has 0 unspecified atom stereocenters. The van der Waals surface area contributed by atoms with Crippen LogP contribution in [0.4, 0.5) is 0 Å². The van der Waals surface area contributed by atoms with Crippen LogP contribution in [-0.2, 0) is 11.2 Å². The van der Waals surface area contributed by atoms with Gasteiger partial charge in [-0.25, -0.2) is 0 Å². The van der Waals surface area contributed by atoms with Crippen molar-refractivity contribution in [1.82, 2.24) is 15.2 Å². The summed E-state index contributed by atoms with van der Waals surface area (Å²) in [7, 11) is 0. The smallest absolute Gasteiger partial charge is 0.270 e. The van der Waals surface area contributed by atoms with Gasteiger partial charge in [-0.1, -0.05) is 0 Å². The minimum atomic E-state index is 0.0666. The Morgan fingerprint density at radius 3 is 2.69 bits per heavy atom. The molecule has 1 saturated heterocycles. The molecule has 0 aliphatic carbocycles. The number of furan rings is 1. The number of amides is 2. The van der Waals surface area contributed by atoms with Crippen LogP contribution in [0.15, 0.2) is 28.9 Å². The molecule has 6 heteroatoms. The summed E-state index contributed by atoms with van der Waals surface area (Å²) in [6, 6.07) is 5.75. The lowest BCUT2D eigenvalue weighted by Gasteiger charge is -2.31. The van der Waals surface area contributed by atoms with Crippen LogP contribution < -0.4 is 5.32 Å². The Morgan fingerprint density at radius 1 is 1.31 bits per heavy atom. The Bertz CT molecular complexity index is 740. The number of aromatic nitrogens is 1. The number of H-pyrrole nitrogens is 1. The fraction of sp³-hybridized carbons (Fsp3) is 0.500. The molecule has 3 heterocycles. The van der Waals surface area contributed by atoms with Crippen LogP contribution in [0.25, 0.3) is 0 Å². The van der Waals surface area contributed by atoms with Crippen LogP contribution in [-0.4, -0.2) is 41.3 Å². The van der Waals surface area contributed by atoms with Gasteiger partial charge in [-0.3, -0.25) is 9.59 Å². The van der Waals surface area contributed by atoms with Gasteiger partial charge in [0.05, 0.1) is 6.26 Å². The molecule has 140 valence electrons. The third-order valence-corrected chi connectivity index (χ3v) is 5.01. The summed E-state index contributed by atoms with van der Waals surface area (Å²) in [6.45, 7) is 5.92. The van der Waals surface area contributed by atoms with Crippen molar-refractivity contribution in [2.24, 2.45) is 5.92 Å². The summed E-state index contributed by atoms with van der Waals surface area (Å²) in [5.41, 5.74) is 2.69. The van der Waals surface area contributed by atoms with Crippen molar-refractivity contribution >= 4 is 11.8 Å². The summed E-state index contributed by atoms with van der Waals surface area (Å²) in [5, 5.41) is 2.95. The summed E-state index contributed by atoms with van der Waals surface area (Å²) in [6.07, 6.45) is 4.62. The Hall–Kier alpha value is -2.50. The first-order valence-corrected chi connectivity index (χ1v) is 9.27. The van der Waals surface area contributed by atoms with E-state index in [0.29, 0.717) is 44.1 Å². The number of carbonyl (C=O) groups is 2. The number of carbonyl (C=O) groups excluding carboxylic acids is 2. The van der Waals surface area contributed by atoms with Crippen LogP contribution in [0.3, 0.4) is 0 Å². The largest absolute Gasteiger partial charge is 0.469 e. The molecule has 1 aliphatic heterocycles. The fourth-order valence-corrected chi connectivity index (χ4v) is 3.56. The van der Waals surface area contributed by atoms with Crippen molar-refractivity contribution in [3.8, 4) is 0 Å². The highest BCUT2D eigenvalue weighted by Crippen LogP contribution is 2.22. The Kier molecular flexibility index (Phi) is 5.81. The van der Waals surface area contributed by atoms with Gasteiger partial charge in [0.25, 0.3) is 5.91 Å². The second-order valence-corrected chi connectivity index (χ2v) is 7.13. The maximum absolute atomic E-state index is 12.6. The van der Waals surface area contributed by atoms with Crippen LogP contribution >= 0.6 is 0 Å². The van der Waals surface area contributed by atoms with Crippen LogP contribution in [0.2, 0.25) is 0 Å². The predicted molar refractivity (Wildman–Crippen MR) is 98.9 cm³/mol. The normalized spacial score (nSPS) is 15.2. The van der Waals surface area contributed by atoms with Gasteiger partial charge >= 0.3 is 0 Å². The van der Waals surface area contributed by atoms with E-state index in [1.807, 2.05) is 36.9 Å². The van der Waals surface area contributed by atoms with Crippen LogP contribution in [0.5, 0.6) is 0 Å². The quantitative estimate of drug-likeness (QED) is 0.834. The molecule has 2 N–H and O–H groups in total. The van der Waals surface area contributed by atoms with E-state index in [9.17, 15) is 9.59 Å². The summed E-state index contributed by atoms with van der Waals surface area (Å²) in [4.78, 5) is 29.8. The topological polar surface area (TPSA) is 78.3 Å².